The minimum atomic E-state index is -3.79. The molecule has 0 aromatic heterocycles. The number of halogens is 2. The molecule has 1 aliphatic carbocycles. The highest BCUT2D eigenvalue weighted by Crippen LogP contribution is 2.38. The van der Waals surface area contributed by atoms with Gasteiger partial charge in [0.1, 0.15) is 11.4 Å². The Morgan fingerprint density at radius 1 is 1.50 bits per heavy atom. The Bertz CT molecular complexity index is 529. The minimum Gasteiger partial charge on any atom is -0.384 e. The Kier molecular flexibility index (Phi) is 2.72. The number of rotatable bonds is 2. The van der Waals surface area contributed by atoms with E-state index in [2.05, 4.69) is 0 Å². The topological polar surface area (TPSA) is 54.4 Å². The molecule has 0 fully saturated rings. The highest BCUT2D eigenvalue weighted by Gasteiger charge is 2.40. The Morgan fingerprint density at radius 2 is 2.19 bits per heavy atom. The molecule has 6 heteroatoms. The predicted molar refractivity (Wildman–Crippen MR) is 58.3 cm³/mol. The van der Waals surface area contributed by atoms with Crippen molar-refractivity contribution in [1.29, 1.82) is 0 Å². The van der Waals surface area contributed by atoms with Crippen molar-refractivity contribution in [3.63, 3.8) is 0 Å². The van der Waals surface area contributed by atoms with Crippen LogP contribution in [0.3, 0.4) is 0 Å². The quantitative estimate of drug-likeness (QED) is 0.824. The molecule has 88 valence electrons. The van der Waals surface area contributed by atoms with Crippen LogP contribution < -0.4 is 0 Å². The first-order chi connectivity index (χ1) is 7.30. The van der Waals surface area contributed by atoms with E-state index in [1.165, 1.54) is 18.2 Å². The van der Waals surface area contributed by atoms with E-state index < -0.39 is 26.2 Å². The predicted octanol–water partition coefficient (Wildman–Crippen LogP) is 1.53. The van der Waals surface area contributed by atoms with Crippen LogP contribution in [-0.2, 0) is 21.1 Å². The normalized spacial score (nSPS) is 24.4. The van der Waals surface area contributed by atoms with E-state index >= 15 is 0 Å². The van der Waals surface area contributed by atoms with Crippen LogP contribution in [0.25, 0.3) is 0 Å². The standard InChI is InChI=1S/C10H10ClFO3S/c11-16(14,15)6-10(13)4-3-7-5-8(12)1-2-9(7)10/h1-2,5,13H,3-4,6H2. The van der Waals surface area contributed by atoms with Gasteiger partial charge in [0, 0.05) is 10.7 Å². The number of aryl methyl sites for hydroxylation is 1. The second-order valence-corrected chi connectivity index (χ2v) is 6.79. The molecule has 0 heterocycles. The lowest BCUT2D eigenvalue weighted by molar-refractivity contribution is 0.0633. The summed E-state index contributed by atoms with van der Waals surface area (Å²) in [4.78, 5) is 0. The Morgan fingerprint density at radius 3 is 2.81 bits per heavy atom. The molecule has 3 nitrogen and oxygen atoms in total. The van der Waals surface area contributed by atoms with E-state index in [0.717, 1.165) is 0 Å². The molecular weight excluding hydrogens is 255 g/mol. The van der Waals surface area contributed by atoms with Crippen LogP contribution in [0.4, 0.5) is 4.39 Å². The van der Waals surface area contributed by atoms with Crippen LogP contribution in [0.1, 0.15) is 17.5 Å². The van der Waals surface area contributed by atoms with Gasteiger partial charge in [-0.25, -0.2) is 12.8 Å². The first-order valence-corrected chi connectivity index (χ1v) is 7.22. The molecule has 0 spiro atoms. The lowest BCUT2D eigenvalue weighted by Crippen LogP contribution is -2.30. The summed E-state index contributed by atoms with van der Waals surface area (Å²) in [5.41, 5.74) is -0.384. The molecule has 0 bridgehead atoms. The molecule has 16 heavy (non-hydrogen) atoms. The van der Waals surface area contributed by atoms with Gasteiger partial charge >= 0.3 is 0 Å². The maximum Gasteiger partial charge on any atom is 0.235 e. The average molecular weight is 265 g/mol. The van der Waals surface area contributed by atoms with Gasteiger partial charge in [0.05, 0.1) is 5.75 Å². The Hall–Kier alpha value is -0.650. The number of benzene rings is 1. The number of hydrogen-bond acceptors (Lipinski definition) is 3. The van der Waals surface area contributed by atoms with Gasteiger partial charge < -0.3 is 5.11 Å². The molecule has 1 unspecified atom stereocenters. The lowest BCUT2D eigenvalue weighted by Gasteiger charge is -2.21. The summed E-state index contributed by atoms with van der Waals surface area (Å²) in [6, 6.07) is 3.93. The summed E-state index contributed by atoms with van der Waals surface area (Å²) in [5, 5.41) is 10.2. The highest BCUT2D eigenvalue weighted by molar-refractivity contribution is 8.13. The monoisotopic (exact) mass is 264 g/mol. The summed E-state index contributed by atoms with van der Waals surface area (Å²) in [6.07, 6.45) is 0.702. The van der Waals surface area contributed by atoms with Gasteiger partial charge in [-0.15, -0.1) is 0 Å². The first-order valence-electron chi connectivity index (χ1n) is 4.74. The molecule has 1 aromatic carbocycles. The van der Waals surface area contributed by atoms with Crippen molar-refractivity contribution in [2.75, 3.05) is 5.75 Å². The zero-order valence-electron chi connectivity index (χ0n) is 8.28. The van der Waals surface area contributed by atoms with Gasteiger partial charge in [-0.05, 0) is 36.1 Å². The van der Waals surface area contributed by atoms with E-state index in [9.17, 15) is 17.9 Å². The minimum absolute atomic E-state index is 0.248. The van der Waals surface area contributed by atoms with Gasteiger partial charge in [0.2, 0.25) is 9.05 Å². The van der Waals surface area contributed by atoms with E-state index in [1.807, 2.05) is 0 Å². The molecule has 1 atom stereocenters. The second kappa shape index (κ2) is 3.68. The molecule has 1 aromatic rings. The zero-order chi connectivity index (χ0) is 12.0. The largest absolute Gasteiger partial charge is 0.384 e. The fraction of sp³-hybridized carbons (Fsp3) is 0.400. The maximum atomic E-state index is 12.9. The number of fused-ring (bicyclic) bond motifs is 1. The fourth-order valence-electron chi connectivity index (χ4n) is 2.13. The van der Waals surface area contributed by atoms with Crippen molar-refractivity contribution in [3.8, 4) is 0 Å². The van der Waals surface area contributed by atoms with Gasteiger partial charge in [0.25, 0.3) is 0 Å². The number of hydrogen-bond donors (Lipinski definition) is 1. The van der Waals surface area contributed by atoms with Gasteiger partial charge in [-0.1, -0.05) is 6.07 Å². The molecular formula is C10H10ClFO3S. The van der Waals surface area contributed by atoms with Gasteiger partial charge in [0.15, 0.2) is 0 Å². The van der Waals surface area contributed by atoms with Crippen LogP contribution >= 0.6 is 10.7 Å². The van der Waals surface area contributed by atoms with Gasteiger partial charge in [-0.3, -0.25) is 0 Å². The van der Waals surface area contributed by atoms with Crippen LogP contribution in [0, 0.1) is 5.82 Å². The van der Waals surface area contributed by atoms with Crippen LogP contribution in [-0.4, -0.2) is 19.3 Å². The zero-order valence-corrected chi connectivity index (χ0v) is 9.85. The third-order valence-corrected chi connectivity index (χ3v) is 3.94. The van der Waals surface area contributed by atoms with Gasteiger partial charge in [-0.2, -0.15) is 0 Å². The SMILES string of the molecule is O=S(=O)(Cl)CC1(O)CCc2cc(F)ccc21. The second-order valence-electron chi connectivity index (χ2n) is 4.02. The van der Waals surface area contributed by atoms with Crippen LogP contribution in [0.2, 0.25) is 0 Å². The molecule has 0 saturated heterocycles. The lowest BCUT2D eigenvalue weighted by atomic mass is 9.98. The molecule has 2 rings (SSSR count). The molecule has 0 aliphatic heterocycles. The summed E-state index contributed by atoms with van der Waals surface area (Å²) in [6.45, 7) is 0. The molecule has 0 saturated carbocycles. The molecule has 1 N–H and O–H groups in total. The van der Waals surface area contributed by atoms with E-state index in [-0.39, 0.29) is 6.42 Å². The first kappa shape index (κ1) is 11.8. The summed E-state index contributed by atoms with van der Waals surface area (Å²) in [7, 11) is 1.35. The summed E-state index contributed by atoms with van der Waals surface area (Å²) in [5.74, 6) is -0.933. The summed E-state index contributed by atoms with van der Waals surface area (Å²) >= 11 is 0. The molecule has 0 amide bonds. The third kappa shape index (κ3) is 2.21. The van der Waals surface area contributed by atoms with E-state index in [1.54, 1.807) is 0 Å². The van der Waals surface area contributed by atoms with E-state index in [0.29, 0.717) is 17.5 Å². The third-order valence-electron chi connectivity index (χ3n) is 2.79. The maximum absolute atomic E-state index is 12.9. The molecule has 0 radical (unpaired) electrons. The van der Waals surface area contributed by atoms with Crippen molar-refractivity contribution >= 4 is 19.7 Å². The average Bonchev–Trinajstić information content (AvgIpc) is 2.40. The highest BCUT2D eigenvalue weighted by atomic mass is 35.7. The van der Waals surface area contributed by atoms with E-state index in [4.69, 9.17) is 10.7 Å². The summed E-state index contributed by atoms with van der Waals surface area (Å²) < 4.78 is 34.9. The van der Waals surface area contributed by atoms with Crippen molar-refractivity contribution in [2.45, 2.75) is 18.4 Å². The fourth-order valence-corrected chi connectivity index (χ4v) is 3.55. The molecule has 1 aliphatic rings. The van der Waals surface area contributed by atoms with Crippen LogP contribution in [0.15, 0.2) is 18.2 Å². The number of aliphatic hydroxyl groups is 1. The Labute approximate surface area is 97.3 Å². The van der Waals surface area contributed by atoms with Crippen molar-refractivity contribution in [2.24, 2.45) is 0 Å². The van der Waals surface area contributed by atoms with Crippen molar-refractivity contribution in [3.05, 3.63) is 35.1 Å². The van der Waals surface area contributed by atoms with Crippen molar-refractivity contribution in [1.82, 2.24) is 0 Å². The Balaban J connectivity index is 2.43. The van der Waals surface area contributed by atoms with Crippen molar-refractivity contribution < 1.29 is 17.9 Å². The van der Waals surface area contributed by atoms with Crippen LogP contribution in [0.5, 0.6) is 0 Å². The smallest absolute Gasteiger partial charge is 0.235 e.